The van der Waals surface area contributed by atoms with Gasteiger partial charge in [0.25, 0.3) is 0 Å². The third-order valence-electron chi connectivity index (χ3n) is 3.72. The molecule has 2 aromatic rings. The van der Waals surface area contributed by atoms with E-state index >= 15 is 0 Å². The summed E-state index contributed by atoms with van der Waals surface area (Å²) in [6, 6.07) is 7.69. The van der Waals surface area contributed by atoms with E-state index in [9.17, 15) is 4.79 Å². The summed E-state index contributed by atoms with van der Waals surface area (Å²) in [7, 11) is 1.63. The maximum absolute atomic E-state index is 12.2. The quantitative estimate of drug-likeness (QED) is 0.497. The summed E-state index contributed by atoms with van der Waals surface area (Å²) in [6.07, 6.45) is 3.60. The summed E-state index contributed by atoms with van der Waals surface area (Å²) in [5.74, 6) is 1.30. The molecule has 0 atom stereocenters. The number of nitrogens with one attached hydrogen (secondary N) is 2. The summed E-state index contributed by atoms with van der Waals surface area (Å²) in [4.78, 5) is 20.8. The highest BCUT2D eigenvalue weighted by Crippen LogP contribution is 2.18. The molecule has 0 amide bonds. The van der Waals surface area contributed by atoms with E-state index in [4.69, 9.17) is 9.47 Å². The van der Waals surface area contributed by atoms with Gasteiger partial charge in [0.1, 0.15) is 17.1 Å². The van der Waals surface area contributed by atoms with E-state index in [0.29, 0.717) is 30.5 Å². The molecule has 0 saturated heterocycles. The lowest BCUT2D eigenvalue weighted by atomic mass is 10.2. The first-order valence-electron chi connectivity index (χ1n) is 8.82. The molecule has 2 rings (SSSR count). The highest BCUT2D eigenvalue weighted by Gasteiger charge is 2.16. The van der Waals surface area contributed by atoms with Crippen molar-refractivity contribution >= 4 is 17.7 Å². The number of carbonyl (C=O) groups excluding carboxylic acids is 1. The van der Waals surface area contributed by atoms with Crippen molar-refractivity contribution in [2.75, 3.05) is 30.9 Å². The van der Waals surface area contributed by atoms with Crippen LogP contribution in [0.3, 0.4) is 0 Å². The lowest BCUT2D eigenvalue weighted by Gasteiger charge is -2.12. The first-order valence-corrected chi connectivity index (χ1v) is 8.82. The average Bonchev–Trinajstić information content (AvgIpc) is 2.67. The Hall–Kier alpha value is -2.83. The molecule has 2 N–H and O–H groups in total. The minimum absolute atomic E-state index is 0.299. The number of hydrogen-bond acceptors (Lipinski definition) is 7. The molecule has 0 fully saturated rings. The number of hydrogen-bond donors (Lipinski definition) is 2. The summed E-state index contributed by atoms with van der Waals surface area (Å²) in [5.41, 5.74) is 1.36. The summed E-state index contributed by atoms with van der Waals surface area (Å²) >= 11 is 0. The second kappa shape index (κ2) is 10.2. The zero-order valence-corrected chi connectivity index (χ0v) is 15.5. The van der Waals surface area contributed by atoms with Gasteiger partial charge in [0, 0.05) is 19.3 Å². The number of aromatic nitrogens is 2. The predicted molar refractivity (Wildman–Crippen MR) is 102 cm³/mol. The van der Waals surface area contributed by atoms with Crippen LogP contribution in [0, 0.1) is 0 Å². The first kappa shape index (κ1) is 19.5. The molecule has 26 heavy (non-hydrogen) atoms. The number of ether oxygens (including phenoxy) is 2. The van der Waals surface area contributed by atoms with E-state index < -0.39 is 5.97 Å². The van der Waals surface area contributed by atoms with E-state index in [0.717, 1.165) is 30.7 Å². The van der Waals surface area contributed by atoms with E-state index in [1.165, 1.54) is 6.20 Å². The van der Waals surface area contributed by atoms with Crippen molar-refractivity contribution in [1.29, 1.82) is 0 Å². The van der Waals surface area contributed by atoms with Gasteiger partial charge < -0.3 is 20.1 Å². The van der Waals surface area contributed by atoms with Gasteiger partial charge in [-0.25, -0.2) is 9.78 Å². The van der Waals surface area contributed by atoms with Gasteiger partial charge in [-0.2, -0.15) is 4.98 Å². The normalized spacial score (nSPS) is 10.3. The third kappa shape index (κ3) is 5.61. The van der Waals surface area contributed by atoms with Crippen LogP contribution in [0.5, 0.6) is 5.75 Å². The number of nitrogens with zero attached hydrogens (tertiary/aromatic N) is 2. The Kier molecular flexibility index (Phi) is 7.67. The molecule has 1 aromatic heterocycles. The van der Waals surface area contributed by atoms with Gasteiger partial charge in [0.05, 0.1) is 13.7 Å². The molecule has 140 valence electrons. The highest BCUT2D eigenvalue weighted by atomic mass is 16.5. The van der Waals surface area contributed by atoms with Crippen molar-refractivity contribution < 1.29 is 14.3 Å². The first-order chi connectivity index (χ1) is 12.7. The Balaban J connectivity index is 2.14. The van der Waals surface area contributed by atoms with Crippen LogP contribution in [-0.4, -0.2) is 36.2 Å². The maximum Gasteiger partial charge on any atom is 0.343 e. The molecule has 0 aliphatic heterocycles. The highest BCUT2D eigenvalue weighted by molar-refractivity contribution is 5.94. The van der Waals surface area contributed by atoms with E-state index in [1.54, 1.807) is 14.0 Å². The topological polar surface area (TPSA) is 85.4 Å². The van der Waals surface area contributed by atoms with Gasteiger partial charge in [-0.05, 0) is 31.0 Å². The van der Waals surface area contributed by atoms with Crippen LogP contribution in [0.15, 0.2) is 30.5 Å². The second-order valence-corrected chi connectivity index (χ2v) is 5.66. The Bertz CT molecular complexity index is 704. The molecule has 1 heterocycles. The maximum atomic E-state index is 12.2. The molecular weight excluding hydrogens is 332 g/mol. The molecule has 0 aliphatic rings. The molecule has 0 bridgehead atoms. The smallest absolute Gasteiger partial charge is 0.343 e. The standard InChI is InChI=1S/C19H26N4O3/c1-4-6-11-20-19-22-13-16(18(24)26-5-2)17(23-19)21-12-14-7-9-15(25-3)10-8-14/h7-10,13H,4-6,11-12H2,1-3H3,(H2,20,21,22,23). The van der Waals surface area contributed by atoms with Crippen molar-refractivity contribution in [3.05, 3.63) is 41.6 Å². The monoisotopic (exact) mass is 358 g/mol. The zero-order valence-electron chi connectivity index (χ0n) is 15.5. The molecule has 0 unspecified atom stereocenters. The fourth-order valence-electron chi connectivity index (χ4n) is 2.27. The Labute approximate surface area is 154 Å². The van der Waals surface area contributed by atoms with E-state index in [-0.39, 0.29) is 0 Å². The minimum Gasteiger partial charge on any atom is -0.497 e. The average molecular weight is 358 g/mol. The number of esters is 1. The van der Waals surface area contributed by atoms with Crippen molar-refractivity contribution in [3.8, 4) is 5.75 Å². The molecule has 7 heteroatoms. The summed E-state index contributed by atoms with van der Waals surface area (Å²) < 4.78 is 10.3. The SMILES string of the molecule is CCCCNc1ncc(C(=O)OCC)c(NCc2ccc(OC)cc2)n1. The van der Waals surface area contributed by atoms with Crippen LogP contribution in [0.2, 0.25) is 0 Å². The Morgan fingerprint density at radius 1 is 1.15 bits per heavy atom. The molecule has 0 spiro atoms. The Morgan fingerprint density at radius 2 is 1.92 bits per heavy atom. The summed E-state index contributed by atoms with van der Waals surface area (Å²) in [5, 5.41) is 6.37. The number of unbranched alkanes of at least 4 members (excludes halogenated alkanes) is 1. The Morgan fingerprint density at radius 3 is 2.58 bits per heavy atom. The molecule has 0 aliphatic carbocycles. The van der Waals surface area contributed by atoms with Gasteiger partial charge in [-0.3, -0.25) is 0 Å². The van der Waals surface area contributed by atoms with Crippen LogP contribution >= 0.6 is 0 Å². The van der Waals surface area contributed by atoms with Crippen LogP contribution in [0.4, 0.5) is 11.8 Å². The van der Waals surface area contributed by atoms with E-state index in [1.807, 2.05) is 24.3 Å². The molecule has 0 saturated carbocycles. The second-order valence-electron chi connectivity index (χ2n) is 5.66. The number of rotatable bonds is 10. The molecule has 7 nitrogen and oxygen atoms in total. The van der Waals surface area contributed by atoms with Crippen molar-refractivity contribution in [1.82, 2.24) is 9.97 Å². The van der Waals surface area contributed by atoms with Gasteiger partial charge in [-0.15, -0.1) is 0 Å². The molecule has 0 radical (unpaired) electrons. The van der Waals surface area contributed by atoms with Gasteiger partial charge in [0.15, 0.2) is 0 Å². The van der Waals surface area contributed by atoms with Crippen LogP contribution in [0.1, 0.15) is 42.6 Å². The van der Waals surface area contributed by atoms with Crippen LogP contribution in [0.25, 0.3) is 0 Å². The number of methoxy groups -OCH3 is 1. The van der Waals surface area contributed by atoms with Gasteiger partial charge in [-0.1, -0.05) is 25.5 Å². The van der Waals surface area contributed by atoms with Gasteiger partial charge >= 0.3 is 5.97 Å². The molecular formula is C19H26N4O3. The largest absolute Gasteiger partial charge is 0.497 e. The van der Waals surface area contributed by atoms with E-state index in [2.05, 4.69) is 27.5 Å². The summed E-state index contributed by atoms with van der Waals surface area (Å²) in [6.45, 7) is 5.49. The van der Waals surface area contributed by atoms with Crippen molar-refractivity contribution in [2.24, 2.45) is 0 Å². The van der Waals surface area contributed by atoms with Crippen molar-refractivity contribution in [2.45, 2.75) is 33.2 Å². The number of carbonyl (C=O) groups is 1. The fraction of sp³-hybridized carbons (Fsp3) is 0.421. The lowest BCUT2D eigenvalue weighted by molar-refractivity contribution is 0.0526. The molecule has 1 aromatic carbocycles. The van der Waals surface area contributed by atoms with Gasteiger partial charge in [0.2, 0.25) is 5.95 Å². The third-order valence-corrected chi connectivity index (χ3v) is 3.72. The number of anilines is 2. The minimum atomic E-state index is -0.440. The zero-order chi connectivity index (χ0) is 18.8. The van der Waals surface area contributed by atoms with Crippen molar-refractivity contribution in [3.63, 3.8) is 0 Å². The number of benzene rings is 1. The lowest BCUT2D eigenvalue weighted by Crippen LogP contribution is -2.14. The predicted octanol–water partition coefficient (Wildman–Crippen LogP) is 3.49. The fourth-order valence-corrected chi connectivity index (χ4v) is 2.27. The van der Waals surface area contributed by atoms with Crippen LogP contribution in [-0.2, 0) is 11.3 Å². The van der Waals surface area contributed by atoms with Crippen LogP contribution < -0.4 is 15.4 Å².